The molecular formula is C19H16O2S. The SMILES string of the molecule is Cc1ccc(S(=O)(=O)/C=C/c2ccc3ccccc3c2)cc1. The summed E-state index contributed by atoms with van der Waals surface area (Å²) in [6.07, 6.45) is 1.64. The van der Waals surface area contributed by atoms with Gasteiger partial charge in [-0.1, -0.05) is 54.1 Å². The van der Waals surface area contributed by atoms with Crippen LogP contribution >= 0.6 is 0 Å². The third-order valence-corrected chi connectivity index (χ3v) is 4.99. The first kappa shape index (κ1) is 14.5. The van der Waals surface area contributed by atoms with E-state index in [4.69, 9.17) is 0 Å². The Bertz CT molecular complexity index is 937. The second-order valence-electron chi connectivity index (χ2n) is 5.27. The summed E-state index contributed by atoms with van der Waals surface area (Å²) in [6, 6.07) is 20.8. The molecule has 0 unspecified atom stereocenters. The van der Waals surface area contributed by atoms with E-state index < -0.39 is 9.84 Å². The molecule has 0 N–H and O–H groups in total. The lowest BCUT2D eigenvalue weighted by Gasteiger charge is -2.01. The third-order valence-electron chi connectivity index (χ3n) is 3.56. The number of aryl methyl sites for hydroxylation is 1. The molecule has 2 nitrogen and oxygen atoms in total. The first-order valence-corrected chi connectivity index (χ1v) is 8.58. The predicted molar refractivity (Wildman–Crippen MR) is 91.3 cm³/mol. The molecular weight excluding hydrogens is 292 g/mol. The van der Waals surface area contributed by atoms with Gasteiger partial charge in [0, 0.05) is 5.41 Å². The van der Waals surface area contributed by atoms with E-state index in [-0.39, 0.29) is 0 Å². The van der Waals surface area contributed by atoms with Crippen molar-refractivity contribution in [2.24, 2.45) is 0 Å². The Morgan fingerprint density at radius 2 is 1.50 bits per heavy atom. The number of rotatable bonds is 3. The zero-order valence-corrected chi connectivity index (χ0v) is 13.0. The second-order valence-corrected chi connectivity index (χ2v) is 7.10. The quantitative estimate of drug-likeness (QED) is 0.709. The van der Waals surface area contributed by atoms with Crippen LogP contribution in [0.25, 0.3) is 16.8 Å². The second kappa shape index (κ2) is 5.78. The van der Waals surface area contributed by atoms with Crippen molar-refractivity contribution in [1.82, 2.24) is 0 Å². The zero-order valence-electron chi connectivity index (χ0n) is 12.2. The molecule has 3 aromatic rings. The maximum Gasteiger partial charge on any atom is 0.199 e. The third kappa shape index (κ3) is 3.10. The molecule has 0 aliphatic rings. The number of hydrogen-bond donors (Lipinski definition) is 0. The molecule has 0 amide bonds. The minimum absolute atomic E-state index is 0.315. The molecule has 3 rings (SSSR count). The maximum atomic E-state index is 12.3. The van der Waals surface area contributed by atoms with Gasteiger partial charge in [0.2, 0.25) is 0 Å². The van der Waals surface area contributed by atoms with E-state index in [1.807, 2.05) is 49.4 Å². The highest BCUT2D eigenvalue weighted by molar-refractivity contribution is 7.94. The molecule has 0 atom stereocenters. The van der Waals surface area contributed by atoms with Crippen LogP contribution in [0, 0.1) is 6.92 Å². The summed E-state index contributed by atoms with van der Waals surface area (Å²) in [7, 11) is -3.41. The van der Waals surface area contributed by atoms with Gasteiger partial charge in [-0.2, -0.15) is 0 Å². The Hall–Kier alpha value is -2.39. The van der Waals surface area contributed by atoms with Crippen molar-refractivity contribution in [2.75, 3.05) is 0 Å². The monoisotopic (exact) mass is 308 g/mol. The summed E-state index contributed by atoms with van der Waals surface area (Å²) in [4.78, 5) is 0.315. The summed E-state index contributed by atoms with van der Waals surface area (Å²) in [5.41, 5.74) is 1.91. The van der Waals surface area contributed by atoms with E-state index >= 15 is 0 Å². The average Bonchev–Trinajstić information content (AvgIpc) is 2.53. The Kier molecular flexibility index (Phi) is 3.82. The standard InChI is InChI=1S/C19H16O2S/c1-15-6-10-19(11-7-15)22(20,21)13-12-16-8-9-17-4-2-3-5-18(17)14-16/h2-14H,1H3/b13-12+. The van der Waals surface area contributed by atoms with Crippen LogP contribution in [-0.2, 0) is 9.84 Å². The highest BCUT2D eigenvalue weighted by atomic mass is 32.2. The molecule has 0 saturated heterocycles. The maximum absolute atomic E-state index is 12.3. The summed E-state index contributed by atoms with van der Waals surface area (Å²) in [5.74, 6) is 0. The normalized spacial score (nSPS) is 12.0. The molecule has 0 saturated carbocycles. The van der Waals surface area contributed by atoms with Gasteiger partial charge >= 0.3 is 0 Å². The Labute approximate surface area is 130 Å². The zero-order chi connectivity index (χ0) is 15.6. The van der Waals surface area contributed by atoms with Crippen LogP contribution in [0.3, 0.4) is 0 Å². The molecule has 22 heavy (non-hydrogen) atoms. The number of benzene rings is 3. The smallest absolute Gasteiger partial charge is 0.199 e. The number of hydrogen-bond acceptors (Lipinski definition) is 2. The molecule has 3 heteroatoms. The molecule has 0 heterocycles. The van der Waals surface area contributed by atoms with E-state index in [0.717, 1.165) is 21.9 Å². The van der Waals surface area contributed by atoms with Gasteiger partial charge in [-0.3, -0.25) is 0 Å². The molecule has 0 spiro atoms. The Balaban J connectivity index is 1.92. The molecule has 0 fully saturated rings. The lowest BCUT2D eigenvalue weighted by molar-refractivity contribution is 0.605. The molecule has 0 aliphatic heterocycles. The topological polar surface area (TPSA) is 34.1 Å². The van der Waals surface area contributed by atoms with Crippen LogP contribution in [0.4, 0.5) is 0 Å². The molecule has 3 aromatic carbocycles. The minimum Gasteiger partial charge on any atom is -0.219 e. The Morgan fingerprint density at radius 1 is 0.818 bits per heavy atom. The summed E-state index contributed by atoms with van der Waals surface area (Å²) >= 11 is 0. The van der Waals surface area contributed by atoms with Gasteiger partial charge in [0.05, 0.1) is 4.90 Å². The van der Waals surface area contributed by atoms with E-state index in [2.05, 4.69) is 0 Å². The van der Waals surface area contributed by atoms with Crippen molar-refractivity contribution in [3.63, 3.8) is 0 Å². The molecule has 0 aliphatic carbocycles. The van der Waals surface area contributed by atoms with Gasteiger partial charge < -0.3 is 0 Å². The van der Waals surface area contributed by atoms with Crippen molar-refractivity contribution in [3.8, 4) is 0 Å². The molecule has 0 radical (unpaired) electrons. The molecule has 0 aromatic heterocycles. The largest absolute Gasteiger partial charge is 0.219 e. The highest BCUT2D eigenvalue weighted by Gasteiger charge is 2.09. The molecule has 0 bridgehead atoms. The van der Waals surface area contributed by atoms with Gasteiger partial charge in [0.25, 0.3) is 0 Å². The van der Waals surface area contributed by atoms with Crippen molar-refractivity contribution in [2.45, 2.75) is 11.8 Å². The van der Waals surface area contributed by atoms with Gasteiger partial charge in [0.15, 0.2) is 9.84 Å². The molecule has 110 valence electrons. The minimum atomic E-state index is -3.41. The highest BCUT2D eigenvalue weighted by Crippen LogP contribution is 2.18. The fraction of sp³-hybridized carbons (Fsp3) is 0.0526. The van der Waals surface area contributed by atoms with E-state index in [9.17, 15) is 8.42 Å². The summed E-state index contributed by atoms with van der Waals surface area (Å²) in [6.45, 7) is 1.93. The van der Waals surface area contributed by atoms with E-state index in [1.165, 1.54) is 5.41 Å². The van der Waals surface area contributed by atoms with Crippen molar-refractivity contribution in [3.05, 3.63) is 83.3 Å². The van der Waals surface area contributed by atoms with Crippen molar-refractivity contribution >= 4 is 26.7 Å². The van der Waals surface area contributed by atoms with Gasteiger partial charge in [0.1, 0.15) is 0 Å². The average molecular weight is 308 g/mol. The first-order chi connectivity index (χ1) is 10.5. The van der Waals surface area contributed by atoms with Gasteiger partial charge in [-0.15, -0.1) is 0 Å². The number of sulfone groups is 1. The lowest BCUT2D eigenvalue weighted by Crippen LogP contribution is -1.95. The lowest BCUT2D eigenvalue weighted by atomic mass is 10.1. The predicted octanol–water partition coefficient (Wildman–Crippen LogP) is 4.59. The van der Waals surface area contributed by atoms with Crippen molar-refractivity contribution in [1.29, 1.82) is 0 Å². The number of fused-ring (bicyclic) bond motifs is 1. The summed E-state index contributed by atoms with van der Waals surface area (Å²) in [5, 5.41) is 3.50. The van der Waals surface area contributed by atoms with Crippen LogP contribution in [-0.4, -0.2) is 8.42 Å². The van der Waals surface area contributed by atoms with Gasteiger partial charge in [-0.25, -0.2) is 8.42 Å². The van der Waals surface area contributed by atoms with Crippen LogP contribution in [0.1, 0.15) is 11.1 Å². The fourth-order valence-corrected chi connectivity index (χ4v) is 3.29. The fourth-order valence-electron chi connectivity index (χ4n) is 2.29. The van der Waals surface area contributed by atoms with Crippen LogP contribution in [0.15, 0.2) is 77.0 Å². The Morgan fingerprint density at radius 3 is 2.23 bits per heavy atom. The van der Waals surface area contributed by atoms with Crippen molar-refractivity contribution < 1.29 is 8.42 Å². The van der Waals surface area contributed by atoms with Crippen LogP contribution < -0.4 is 0 Å². The summed E-state index contributed by atoms with van der Waals surface area (Å²) < 4.78 is 24.6. The van der Waals surface area contributed by atoms with E-state index in [0.29, 0.717) is 4.90 Å². The van der Waals surface area contributed by atoms with Gasteiger partial charge in [-0.05, 0) is 47.5 Å². The first-order valence-electron chi connectivity index (χ1n) is 7.03. The van der Waals surface area contributed by atoms with E-state index in [1.54, 1.807) is 30.3 Å². The van der Waals surface area contributed by atoms with Crippen LogP contribution in [0.2, 0.25) is 0 Å². The van der Waals surface area contributed by atoms with Crippen LogP contribution in [0.5, 0.6) is 0 Å².